The van der Waals surface area contributed by atoms with E-state index < -0.39 is 5.97 Å². The standard InChI is InChI=1S/C31H40N2O3/c1-23-7-5-9-24(19-23)8-3-4-17-33-18-15-25(27(22-33)20-31(34)35)10-6-11-26-14-16-32-30-13-12-28(36-2)21-29(26)30/h5,7,9,12-14,16,19,21,25,27H,3-4,6,8,10-11,15,17-18,20,22H2,1-2H3,(H,34,35)/t25-,27+/m1/s1. The van der Waals surface area contributed by atoms with Gasteiger partial charge in [-0.25, -0.2) is 0 Å². The van der Waals surface area contributed by atoms with Gasteiger partial charge in [-0.15, -0.1) is 0 Å². The Hall–Kier alpha value is -2.92. The number of methoxy groups -OCH3 is 1. The summed E-state index contributed by atoms with van der Waals surface area (Å²) in [7, 11) is 1.69. The number of likely N-dealkylation sites (tertiary alicyclic amines) is 1. The monoisotopic (exact) mass is 488 g/mol. The van der Waals surface area contributed by atoms with Crippen molar-refractivity contribution in [2.75, 3.05) is 26.7 Å². The Kier molecular flexibility index (Phi) is 9.35. The number of piperidine rings is 1. The fourth-order valence-corrected chi connectivity index (χ4v) is 5.81. The number of carboxylic acids is 1. The van der Waals surface area contributed by atoms with Crippen molar-refractivity contribution in [1.82, 2.24) is 9.88 Å². The van der Waals surface area contributed by atoms with Crippen LogP contribution in [0.5, 0.6) is 5.75 Å². The van der Waals surface area contributed by atoms with Crippen molar-refractivity contribution in [3.8, 4) is 5.75 Å². The number of hydrogen-bond donors (Lipinski definition) is 1. The van der Waals surface area contributed by atoms with Gasteiger partial charge in [0.2, 0.25) is 0 Å². The van der Waals surface area contributed by atoms with Crippen LogP contribution in [0.15, 0.2) is 54.7 Å². The number of nitrogens with zero attached hydrogens (tertiary/aromatic N) is 2. The molecule has 2 heterocycles. The Bertz CT molecular complexity index is 1150. The molecule has 0 amide bonds. The minimum Gasteiger partial charge on any atom is -0.497 e. The van der Waals surface area contributed by atoms with Crippen molar-refractivity contribution < 1.29 is 14.6 Å². The quantitative estimate of drug-likeness (QED) is 0.303. The van der Waals surface area contributed by atoms with Crippen molar-refractivity contribution in [3.05, 3.63) is 71.4 Å². The van der Waals surface area contributed by atoms with Gasteiger partial charge < -0.3 is 14.7 Å². The van der Waals surface area contributed by atoms with Gasteiger partial charge >= 0.3 is 5.97 Å². The maximum atomic E-state index is 11.6. The summed E-state index contributed by atoms with van der Waals surface area (Å²) in [6.07, 6.45) is 9.84. The number of aromatic nitrogens is 1. The lowest BCUT2D eigenvalue weighted by Gasteiger charge is -2.38. The van der Waals surface area contributed by atoms with E-state index in [1.54, 1.807) is 7.11 Å². The van der Waals surface area contributed by atoms with Gasteiger partial charge in [-0.3, -0.25) is 9.78 Å². The van der Waals surface area contributed by atoms with Crippen LogP contribution in [0.25, 0.3) is 10.9 Å². The molecular weight excluding hydrogens is 448 g/mol. The Morgan fingerprint density at radius 3 is 2.78 bits per heavy atom. The van der Waals surface area contributed by atoms with Gasteiger partial charge in [0.15, 0.2) is 0 Å². The molecule has 0 unspecified atom stereocenters. The molecule has 0 radical (unpaired) electrons. The summed E-state index contributed by atoms with van der Waals surface area (Å²) >= 11 is 0. The van der Waals surface area contributed by atoms with Crippen LogP contribution in [-0.2, 0) is 17.6 Å². The molecule has 0 aliphatic carbocycles. The highest BCUT2D eigenvalue weighted by Gasteiger charge is 2.30. The minimum absolute atomic E-state index is 0.238. The van der Waals surface area contributed by atoms with E-state index in [1.807, 2.05) is 18.3 Å². The minimum atomic E-state index is -0.668. The number of unbranched alkanes of at least 4 members (excludes halogenated alkanes) is 1. The zero-order chi connectivity index (χ0) is 25.3. The number of carboxylic acid groups (broad SMARTS) is 1. The first-order valence-corrected chi connectivity index (χ1v) is 13.4. The average molecular weight is 489 g/mol. The van der Waals surface area contributed by atoms with Gasteiger partial charge in [-0.2, -0.15) is 0 Å². The van der Waals surface area contributed by atoms with Crippen LogP contribution in [0.3, 0.4) is 0 Å². The van der Waals surface area contributed by atoms with E-state index in [4.69, 9.17) is 4.74 Å². The highest BCUT2D eigenvalue weighted by molar-refractivity contribution is 5.83. The Balaban J connectivity index is 1.27. The van der Waals surface area contributed by atoms with Crippen molar-refractivity contribution in [1.29, 1.82) is 0 Å². The first kappa shape index (κ1) is 26.2. The molecule has 5 nitrogen and oxygen atoms in total. The lowest BCUT2D eigenvalue weighted by molar-refractivity contribution is -0.139. The summed E-state index contributed by atoms with van der Waals surface area (Å²) in [5.74, 6) is 0.901. The number of fused-ring (bicyclic) bond motifs is 1. The number of aryl methyl sites for hydroxylation is 3. The molecule has 0 spiro atoms. The summed E-state index contributed by atoms with van der Waals surface area (Å²) in [5.41, 5.74) is 5.02. The van der Waals surface area contributed by atoms with Crippen LogP contribution in [0.2, 0.25) is 0 Å². The van der Waals surface area contributed by atoms with E-state index in [0.717, 1.165) is 74.8 Å². The molecule has 36 heavy (non-hydrogen) atoms. The molecule has 2 aromatic carbocycles. The van der Waals surface area contributed by atoms with Crippen LogP contribution in [0.1, 0.15) is 55.2 Å². The molecule has 1 aliphatic heterocycles. The van der Waals surface area contributed by atoms with Crippen LogP contribution in [-0.4, -0.2) is 47.7 Å². The Morgan fingerprint density at radius 2 is 1.97 bits per heavy atom. The van der Waals surface area contributed by atoms with Crippen molar-refractivity contribution in [2.24, 2.45) is 11.8 Å². The number of hydrogen-bond acceptors (Lipinski definition) is 4. The normalized spacial score (nSPS) is 18.4. The van der Waals surface area contributed by atoms with E-state index in [2.05, 4.69) is 53.2 Å². The topological polar surface area (TPSA) is 62.7 Å². The maximum Gasteiger partial charge on any atom is 0.303 e. The van der Waals surface area contributed by atoms with Gasteiger partial charge in [0, 0.05) is 24.5 Å². The van der Waals surface area contributed by atoms with Crippen LogP contribution in [0, 0.1) is 18.8 Å². The van der Waals surface area contributed by atoms with Gasteiger partial charge in [-0.1, -0.05) is 29.8 Å². The zero-order valence-corrected chi connectivity index (χ0v) is 21.8. The van der Waals surface area contributed by atoms with Crippen molar-refractivity contribution in [3.63, 3.8) is 0 Å². The zero-order valence-electron chi connectivity index (χ0n) is 21.8. The Labute approximate surface area is 215 Å². The molecule has 1 aromatic heterocycles. The van der Waals surface area contributed by atoms with E-state index in [9.17, 15) is 9.90 Å². The number of benzene rings is 2. The second-order valence-electron chi connectivity index (χ2n) is 10.4. The summed E-state index contributed by atoms with van der Waals surface area (Å²) < 4.78 is 5.41. The molecule has 0 bridgehead atoms. The number of carbonyl (C=O) groups is 1. The van der Waals surface area contributed by atoms with E-state index >= 15 is 0 Å². The number of pyridine rings is 1. The third-order valence-electron chi connectivity index (χ3n) is 7.74. The molecular formula is C31H40N2O3. The summed E-state index contributed by atoms with van der Waals surface area (Å²) in [4.78, 5) is 18.6. The highest BCUT2D eigenvalue weighted by atomic mass is 16.5. The first-order valence-electron chi connectivity index (χ1n) is 13.4. The molecule has 5 heteroatoms. The number of aliphatic carboxylic acids is 1. The Morgan fingerprint density at radius 1 is 1.08 bits per heavy atom. The van der Waals surface area contributed by atoms with Crippen molar-refractivity contribution in [2.45, 2.75) is 58.3 Å². The molecule has 1 saturated heterocycles. The average Bonchev–Trinajstić information content (AvgIpc) is 2.87. The highest BCUT2D eigenvalue weighted by Crippen LogP contribution is 2.32. The van der Waals surface area contributed by atoms with Crippen molar-refractivity contribution >= 4 is 16.9 Å². The van der Waals surface area contributed by atoms with Crippen LogP contribution >= 0.6 is 0 Å². The maximum absolute atomic E-state index is 11.6. The predicted molar refractivity (Wildman–Crippen MR) is 146 cm³/mol. The molecule has 1 fully saturated rings. The van der Waals surface area contributed by atoms with E-state index in [-0.39, 0.29) is 12.3 Å². The first-order chi connectivity index (χ1) is 17.5. The van der Waals surface area contributed by atoms with Gasteiger partial charge in [0.05, 0.1) is 12.6 Å². The second-order valence-corrected chi connectivity index (χ2v) is 10.4. The molecule has 4 rings (SSSR count). The third kappa shape index (κ3) is 7.30. The molecule has 1 N–H and O–H groups in total. The second kappa shape index (κ2) is 12.9. The van der Waals surface area contributed by atoms with Gasteiger partial charge in [0.25, 0.3) is 0 Å². The van der Waals surface area contributed by atoms with E-state index in [0.29, 0.717) is 5.92 Å². The molecule has 2 atom stereocenters. The fraction of sp³-hybridized carbons (Fsp3) is 0.484. The summed E-state index contributed by atoms with van der Waals surface area (Å²) in [6, 6.07) is 16.9. The fourth-order valence-electron chi connectivity index (χ4n) is 5.81. The molecule has 0 saturated carbocycles. The van der Waals surface area contributed by atoms with Gasteiger partial charge in [0.1, 0.15) is 5.75 Å². The SMILES string of the molecule is COc1ccc2nccc(CCC[C@@H]3CCN(CCCCc4cccc(C)c4)C[C@@H]3CC(=O)O)c2c1. The largest absolute Gasteiger partial charge is 0.497 e. The number of ether oxygens (including phenoxy) is 1. The number of rotatable bonds is 12. The molecule has 192 valence electrons. The summed E-state index contributed by atoms with van der Waals surface area (Å²) in [5, 5.41) is 10.7. The van der Waals surface area contributed by atoms with E-state index in [1.165, 1.54) is 23.1 Å². The third-order valence-corrected chi connectivity index (χ3v) is 7.74. The van der Waals surface area contributed by atoms with Crippen LogP contribution < -0.4 is 4.74 Å². The summed E-state index contributed by atoms with van der Waals surface area (Å²) in [6.45, 7) is 5.21. The lowest BCUT2D eigenvalue weighted by Crippen LogP contribution is -2.41. The molecule has 3 aromatic rings. The predicted octanol–water partition coefficient (Wildman–Crippen LogP) is 6.31. The lowest BCUT2D eigenvalue weighted by atomic mass is 9.79. The van der Waals surface area contributed by atoms with Crippen LogP contribution in [0.4, 0.5) is 0 Å². The smallest absolute Gasteiger partial charge is 0.303 e. The van der Waals surface area contributed by atoms with Gasteiger partial charge in [-0.05, 0) is 112 Å². The molecule has 1 aliphatic rings.